The van der Waals surface area contributed by atoms with E-state index in [1.807, 2.05) is 11.9 Å². The molecule has 0 saturated carbocycles. The number of hydrogen-bond donors (Lipinski definition) is 2. The van der Waals surface area contributed by atoms with Crippen LogP contribution in [-0.4, -0.2) is 59.5 Å². The van der Waals surface area contributed by atoms with Crippen molar-refractivity contribution in [1.29, 1.82) is 0 Å². The summed E-state index contributed by atoms with van der Waals surface area (Å²) in [5.41, 5.74) is 1.14. The number of nitrogens with one attached hydrogen (secondary N) is 1. The highest BCUT2D eigenvalue weighted by Crippen LogP contribution is 2.18. The predicted molar refractivity (Wildman–Crippen MR) is 86.8 cm³/mol. The fourth-order valence-corrected chi connectivity index (χ4v) is 2.83. The standard InChI is InChI=1S/C16H30N4O/c1-12(2)15-9-16(18-17-15)19(4)10-14(21)11-20-7-5-13(3)6-8-20/h9,12-14,21H,5-8,10-11H2,1-4H3,(H,17,18). The van der Waals surface area contributed by atoms with Gasteiger partial charge in [-0.15, -0.1) is 0 Å². The fraction of sp³-hybridized carbons (Fsp3) is 0.812. The minimum atomic E-state index is -0.331. The lowest BCUT2D eigenvalue weighted by Crippen LogP contribution is -2.42. The number of aromatic amines is 1. The van der Waals surface area contributed by atoms with Crippen molar-refractivity contribution < 1.29 is 5.11 Å². The van der Waals surface area contributed by atoms with Crippen LogP contribution in [-0.2, 0) is 0 Å². The molecule has 1 aromatic rings. The van der Waals surface area contributed by atoms with Crippen LogP contribution in [0.2, 0.25) is 0 Å². The van der Waals surface area contributed by atoms with Gasteiger partial charge in [0.2, 0.25) is 0 Å². The zero-order valence-corrected chi connectivity index (χ0v) is 13.8. The second kappa shape index (κ2) is 7.27. The van der Waals surface area contributed by atoms with Crippen LogP contribution in [0.4, 0.5) is 5.82 Å². The van der Waals surface area contributed by atoms with E-state index in [4.69, 9.17) is 0 Å². The summed E-state index contributed by atoms with van der Waals surface area (Å²) in [6.45, 7) is 10.2. The van der Waals surface area contributed by atoms with Crippen molar-refractivity contribution in [2.75, 3.05) is 38.1 Å². The maximum absolute atomic E-state index is 10.3. The number of piperidine rings is 1. The Morgan fingerprint density at radius 3 is 2.67 bits per heavy atom. The molecule has 0 aliphatic carbocycles. The van der Waals surface area contributed by atoms with E-state index in [0.29, 0.717) is 12.5 Å². The molecule has 5 heteroatoms. The maximum atomic E-state index is 10.3. The molecule has 0 radical (unpaired) electrons. The number of anilines is 1. The third kappa shape index (κ3) is 4.71. The van der Waals surface area contributed by atoms with Gasteiger partial charge in [-0.25, -0.2) is 0 Å². The molecular formula is C16H30N4O. The molecule has 1 fully saturated rings. The van der Waals surface area contributed by atoms with Crippen molar-refractivity contribution in [2.24, 2.45) is 5.92 Å². The molecule has 2 heterocycles. The van der Waals surface area contributed by atoms with Gasteiger partial charge in [0.1, 0.15) is 5.82 Å². The number of hydrogen-bond acceptors (Lipinski definition) is 4. The summed E-state index contributed by atoms with van der Waals surface area (Å²) >= 11 is 0. The summed E-state index contributed by atoms with van der Waals surface area (Å²) in [6.07, 6.45) is 2.17. The number of aliphatic hydroxyl groups is 1. The minimum Gasteiger partial charge on any atom is -0.390 e. The molecule has 5 nitrogen and oxygen atoms in total. The first kappa shape index (κ1) is 16.3. The molecule has 2 N–H and O–H groups in total. The van der Waals surface area contributed by atoms with Crippen LogP contribution >= 0.6 is 0 Å². The van der Waals surface area contributed by atoms with Crippen molar-refractivity contribution in [3.05, 3.63) is 11.8 Å². The van der Waals surface area contributed by atoms with Gasteiger partial charge >= 0.3 is 0 Å². The summed E-state index contributed by atoms with van der Waals surface area (Å²) in [7, 11) is 1.99. The van der Waals surface area contributed by atoms with Crippen molar-refractivity contribution in [2.45, 2.75) is 45.6 Å². The Hall–Kier alpha value is -1.07. The van der Waals surface area contributed by atoms with Crippen LogP contribution in [0.5, 0.6) is 0 Å². The summed E-state index contributed by atoms with van der Waals surface area (Å²) in [5.74, 6) is 2.18. The molecule has 1 aliphatic rings. The van der Waals surface area contributed by atoms with Gasteiger partial charge in [-0.1, -0.05) is 20.8 Å². The third-order valence-corrected chi connectivity index (χ3v) is 4.43. The largest absolute Gasteiger partial charge is 0.390 e. The van der Waals surface area contributed by atoms with E-state index in [0.717, 1.165) is 37.1 Å². The highest BCUT2D eigenvalue weighted by molar-refractivity contribution is 5.39. The van der Waals surface area contributed by atoms with E-state index in [1.165, 1.54) is 12.8 Å². The van der Waals surface area contributed by atoms with Crippen LogP contribution in [0, 0.1) is 5.92 Å². The highest BCUT2D eigenvalue weighted by Gasteiger charge is 2.19. The number of nitrogens with zero attached hydrogens (tertiary/aromatic N) is 3. The molecule has 1 unspecified atom stereocenters. The normalized spacial score (nSPS) is 19.1. The van der Waals surface area contributed by atoms with Crippen LogP contribution < -0.4 is 4.90 Å². The molecule has 0 bridgehead atoms. The first-order valence-corrected chi connectivity index (χ1v) is 8.12. The van der Waals surface area contributed by atoms with E-state index >= 15 is 0 Å². The quantitative estimate of drug-likeness (QED) is 0.843. The first-order valence-electron chi connectivity index (χ1n) is 8.12. The van der Waals surface area contributed by atoms with Crippen molar-refractivity contribution in [3.63, 3.8) is 0 Å². The number of rotatable bonds is 6. The Labute approximate surface area is 128 Å². The predicted octanol–water partition coefficient (Wildman–Crippen LogP) is 2.06. The molecule has 0 aromatic carbocycles. The van der Waals surface area contributed by atoms with E-state index in [2.05, 4.69) is 41.9 Å². The van der Waals surface area contributed by atoms with Gasteiger partial charge in [0.15, 0.2) is 0 Å². The summed E-state index contributed by atoms with van der Waals surface area (Å²) < 4.78 is 0. The average molecular weight is 294 g/mol. The van der Waals surface area contributed by atoms with E-state index in [-0.39, 0.29) is 6.10 Å². The molecule has 1 atom stereocenters. The van der Waals surface area contributed by atoms with Crippen LogP contribution in [0.15, 0.2) is 6.07 Å². The molecular weight excluding hydrogens is 264 g/mol. The van der Waals surface area contributed by atoms with Gasteiger partial charge in [0.05, 0.1) is 6.10 Å². The zero-order valence-electron chi connectivity index (χ0n) is 13.8. The van der Waals surface area contributed by atoms with Crippen molar-refractivity contribution in [3.8, 4) is 0 Å². The van der Waals surface area contributed by atoms with E-state index in [9.17, 15) is 5.11 Å². The van der Waals surface area contributed by atoms with Gasteiger partial charge < -0.3 is 14.9 Å². The lowest BCUT2D eigenvalue weighted by atomic mass is 9.99. The smallest absolute Gasteiger partial charge is 0.150 e. The van der Waals surface area contributed by atoms with Crippen LogP contribution in [0.3, 0.4) is 0 Å². The van der Waals surface area contributed by atoms with Gasteiger partial charge in [-0.2, -0.15) is 5.10 Å². The lowest BCUT2D eigenvalue weighted by molar-refractivity contribution is 0.0957. The topological polar surface area (TPSA) is 55.4 Å². The summed E-state index contributed by atoms with van der Waals surface area (Å²) in [5, 5.41) is 17.7. The number of H-pyrrole nitrogens is 1. The number of β-amino-alcohol motifs (C(OH)–C–C–N with tert-alkyl or cyclic N) is 1. The summed E-state index contributed by atoms with van der Waals surface area (Å²) in [4.78, 5) is 4.40. The Morgan fingerprint density at radius 2 is 2.10 bits per heavy atom. The fourth-order valence-electron chi connectivity index (χ4n) is 2.83. The Bertz CT molecular complexity index is 424. The molecule has 0 spiro atoms. The molecule has 1 aliphatic heterocycles. The minimum absolute atomic E-state index is 0.331. The lowest BCUT2D eigenvalue weighted by Gasteiger charge is -2.32. The molecule has 0 amide bonds. The second-order valence-corrected chi connectivity index (χ2v) is 6.85. The Morgan fingerprint density at radius 1 is 1.43 bits per heavy atom. The monoisotopic (exact) mass is 294 g/mol. The maximum Gasteiger partial charge on any atom is 0.150 e. The molecule has 2 rings (SSSR count). The average Bonchev–Trinajstić information content (AvgIpc) is 2.91. The van der Waals surface area contributed by atoms with Crippen LogP contribution in [0.1, 0.15) is 45.2 Å². The molecule has 1 saturated heterocycles. The molecule has 1 aromatic heterocycles. The molecule has 120 valence electrons. The third-order valence-electron chi connectivity index (χ3n) is 4.43. The zero-order chi connectivity index (χ0) is 15.4. The SMILES string of the molecule is CC1CCN(CC(O)CN(C)c2cc(C(C)C)[nH]n2)CC1. The van der Waals surface area contributed by atoms with E-state index in [1.54, 1.807) is 0 Å². The first-order chi connectivity index (χ1) is 9.95. The number of aromatic nitrogens is 2. The second-order valence-electron chi connectivity index (χ2n) is 6.85. The van der Waals surface area contributed by atoms with Crippen molar-refractivity contribution in [1.82, 2.24) is 15.1 Å². The van der Waals surface area contributed by atoms with Gasteiger partial charge in [-0.05, 0) is 37.8 Å². The molecule has 21 heavy (non-hydrogen) atoms. The Kier molecular flexibility index (Phi) is 5.65. The Balaban J connectivity index is 1.79. The van der Waals surface area contributed by atoms with Gasteiger partial charge in [0, 0.05) is 31.9 Å². The number of likely N-dealkylation sites (N-methyl/N-ethyl adjacent to an activating group) is 1. The van der Waals surface area contributed by atoms with Crippen LogP contribution in [0.25, 0.3) is 0 Å². The summed E-state index contributed by atoms with van der Waals surface area (Å²) in [6, 6.07) is 2.07. The number of aliphatic hydroxyl groups excluding tert-OH is 1. The number of likely N-dealkylation sites (tertiary alicyclic amines) is 1. The van der Waals surface area contributed by atoms with Crippen molar-refractivity contribution >= 4 is 5.82 Å². The highest BCUT2D eigenvalue weighted by atomic mass is 16.3. The van der Waals surface area contributed by atoms with Gasteiger partial charge in [-0.3, -0.25) is 5.10 Å². The van der Waals surface area contributed by atoms with E-state index < -0.39 is 0 Å². The van der Waals surface area contributed by atoms with Gasteiger partial charge in [0.25, 0.3) is 0 Å².